The number of halogens is 1. The zero-order valence-electron chi connectivity index (χ0n) is 12.3. The highest BCUT2D eigenvalue weighted by Crippen LogP contribution is 2.14. The molecule has 1 amide bonds. The van der Waals surface area contributed by atoms with Crippen molar-refractivity contribution in [3.63, 3.8) is 0 Å². The molecule has 23 heavy (non-hydrogen) atoms. The quantitative estimate of drug-likeness (QED) is 0.730. The Kier molecular flexibility index (Phi) is 4.24. The molecule has 2 heterocycles. The van der Waals surface area contributed by atoms with Crippen LogP contribution in [0.15, 0.2) is 39.9 Å². The van der Waals surface area contributed by atoms with Gasteiger partial charge in [0.2, 0.25) is 5.91 Å². The van der Waals surface area contributed by atoms with E-state index in [0.717, 1.165) is 10.2 Å². The summed E-state index contributed by atoms with van der Waals surface area (Å²) in [6.07, 6.45) is 1.62. The number of aryl methyl sites for hydroxylation is 2. The average molecular weight is 376 g/mol. The van der Waals surface area contributed by atoms with Crippen LogP contribution in [0.25, 0.3) is 10.9 Å². The molecule has 0 radical (unpaired) electrons. The molecule has 0 bridgehead atoms. The summed E-state index contributed by atoms with van der Waals surface area (Å²) in [5, 5.41) is 9.88. The van der Waals surface area contributed by atoms with Crippen molar-refractivity contribution in [1.29, 1.82) is 0 Å². The summed E-state index contributed by atoms with van der Waals surface area (Å²) in [6, 6.07) is 7.07. The van der Waals surface area contributed by atoms with Gasteiger partial charge in [-0.1, -0.05) is 15.9 Å². The maximum atomic E-state index is 12.4. The molecule has 0 fully saturated rings. The lowest BCUT2D eigenvalue weighted by atomic mass is 10.2. The smallest absolute Gasteiger partial charge is 0.261 e. The molecule has 3 rings (SSSR count). The van der Waals surface area contributed by atoms with Crippen LogP contribution in [-0.4, -0.2) is 25.7 Å². The summed E-state index contributed by atoms with van der Waals surface area (Å²) in [7, 11) is 0. The second-order valence-corrected chi connectivity index (χ2v) is 6.05. The van der Waals surface area contributed by atoms with Crippen molar-refractivity contribution >= 4 is 38.6 Å². The number of hydrogen-bond donors (Lipinski definition) is 2. The van der Waals surface area contributed by atoms with Gasteiger partial charge >= 0.3 is 0 Å². The zero-order valence-corrected chi connectivity index (χ0v) is 13.9. The Hall–Kier alpha value is -2.48. The molecule has 8 heteroatoms. The van der Waals surface area contributed by atoms with Gasteiger partial charge in [0.25, 0.3) is 5.56 Å². The molecule has 0 aliphatic carbocycles. The second kappa shape index (κ2) is 6.33. The van der Waals surface area contributed by atoms with Gasteiger partial charge in [0.1, 0.15) is 0 Å². The molecule has 1 aromatic carbocycles. The number of H-pyrrole nitrogens is 1. The minimum absolute atomic E-state index is 0.160. The predicted octanol–water partition coefficient (Wildman–Crippen LogP) is 2.22. The lowest BCUT2D eigenvalue weighted by Crippen LogP contribution is -2.23. The fourth-order valence-corrected chi connectivity index (χ4v) is 2.56. The minimum Gasteiger partial charge on any atom is -0.309 e. The topological polar surface area (TPSA) is 92.7 Å². The zero-order chi connectivity index (χ0) is 16.4. The number of carbonyl (C=O) groups excluding carboxylic acids is 1. The number of anilines is 1. The molecule has 0 unspecified atom stereocenters. The van der Waals surface area contributed by atoms with E-state index < -0.39 is 0 Å². The number of hydrogen-bond acceptors (Lipinski definition) is 4. The van der Waals surface area contributed by atoms with Crippen molar-refractivity contribution in [2.45, 2.75) is 19.9 Å². The first-order valence-electron chi connectivity index (χ1n) is 6.99. The highest BCUT2D eigenvalue weighted by atomic mass is 79.9. The number of aromatic nitrogens is 4. The van der Waals surface area contributed by atoms with Crippen LogP contribution in [0.2, 0.25) is 0 Å². The SMILES string of the molecule is Cc1cc(NC(=O)CCn2cnc3ccc(Br)cc3c2=O)n[nH]1. The first-order valence-corrected chi connectivity index (χ1v) is 7.79. The number of carbonyl (C=O) groups is 1. The number of benzene rings is 1. The molecule has 2 N–H and O–H groups in total. The maximum Gasteiger partial charge on any atom is 0.261 e. The molecular formula is C15H14BrN5O2. The van der Waals surface area contributed by atoms with Crippen LogP contribution in [-0.2, 0) is 11.3 Å². The van der Waals surface area contributed by atoms with Crippen LogP contribution in [0.1, 0.15) is 12.1 Å². The van der Waals surface area contributed by atoms with Crippen LogP contribution in [0, 0.1) is 6.92 Å². The van der Waals surface area contributed by atoms with Crippen molar-refractivity contribution in [3.8, 4) is 0 Å². The third-order valence-corrected chi connectivity index (χ3v) is 3.83. The molecule has 118 valence electrons. The number of nitrogens with zero attached hydrogens (tertiary/aromatic N) is 3. The molecule has 0 atom stereocenters. The number of aromatic amines is 1. The molecule has 0 aliphatic heterocycles. The van der Waals surface area contributed by atoms with Crippen LogP contribution >= 0.6 is 15.9 Å². The molecule has 0 spiro atoms. The van der Waals surface area contributed by atoms with Gasteiger partial charge in [-0.3, -0.25) is 19.3 Å². The monoisotopic (exact) mass is 375 g/mol. The van der Waals surface area contributed by atoms with Crippen molar-refractivity contribution in [3.05, 3.63) is 51.1 Å². The van der Waals surface area contributed by atoms with E-state index in [2.05, 4.69) is 36.4 Å². The van der Waals surface area contributed by atoms with Gasteiger partial charge in [-0.25, -0.2) is 4.98 Å². The number of fused-ring (bicyclic) bond motifs is 1. The Labute approximate surface area is 139 Å². The van der Waals surface area contributed by atoms with Crippen molar-refractivity contribution < 1.29 is 4.79 Å². The largest absolute Gasteiger partial charge is 0.309 e. The van der Waals surface area contributed by atoms with Gasteiger partial charge in [-0.2, -0.15) is 5.10 Å². The predicted molar refractivity (Wildman–Crippen MR) is 90.3 cm³/mol. The van der Waals surface area contributed by atoms with E-state index in [4.69, 9.17) is 0 Å². The summed E-state index contributed by atoms with van der Waals surface area (Å²) in [4.78, 5) is 28.6. The van der Waals surface area contributed by atoms with E-state index in [-0.39, 0.29) is 24.4 Å². The fraction of sp³-hybridized carbons (Fsp3) is 0.200. The number of amides is 1. The molecule has 7 nitrogen and oxygen atoms in total. The van der Waals surface area contributed by atoms with E-state index >= 15 is 0 Å². The maximum absolute atomic E-state index is 12.4. The Morgan fingerprint density at radius 2 is 2.22 bits per heavy atom. The van der Waals surface area contributed by atoms with Crippen molar-refractivity contribution in [1.82, 2.24) is 19.7 Å². The minimum atomic E-state index is -0.210. The molecule has 0 aliphatic rings. The number of rotatable bonds is 4. The Morgan fingerprint density at radius 3 is 2.96 bits per heavy atom. The van der Waals surface area contributed by atoms with Crippen LogP contribution in [0.5, 0.6) is 0 Å². The van der Waals surface area contributed by atoms with Gasteiger partial charge in [-0.05, 0) is 25.1 Å². The first-order chi connectivity index (χ1) is 11.0. The van der Waals surface area contributed by atoms with Gasteiger partial charge < -0.3 is 5.32 Å². The Balaban J connectivity index is 1.73. The second-order valence-electron chi connectivity index (χ2n) is 5.14. The normalized spacial score (nSPS) is 10.9. The molecule has 3 aromatic rings. The highest BCUT2D eigenvalue weighted by Gasteiger charge is 2.08. The van der Waals surface area contributed by atoms with Gasteiger partial charge in [0, 0.05) is 29.2 Å². The van der Waals surface area contributed by atoms with Crippen LogP contribution in [0.4, 0.5) is 5.82 Å². The lowest BCUT2D eigenvalue weighted by molar-refractivity contribution is -0.116. The summed E-state index contributed by atoms with van der Waals surface area (Å²) in [5.41, 5.74) is 1.33. The number of nitrogens with one attached hydrogen (secondary N) is 2. The Morgan fingerprint density at radius 1 is 1.39 bits per heavy atom. The van der Waals surface area contributed by atoms with Gasteiger partial charge in [-0.15, -0.1) is 0 Å². The van der Waals surface area contributed by atoms with Crippen LogP contribution < -0.4 is 10.9 Å². The van der Waals surface area contributed by atoms with Crippen molar-refractivity contribution in [2.75, 3.05) is 5.32 Å². The third-order valence-electron chi connectivity index (χ3n) is 3.34. The average Bonchev–Trinajstić information content (AvgIpc) is 2.92. The summed E-state index contributed by atoms with van der Waals surface area (Å²) >= 11 is 3.34. The van der Waals surface area contributed by atoms with E-state index in [1.807, 2.05) is 13.0 Å². The third kappa shape index (κ3) is 3.48. The summed E-state index contributed by atoms with van der Waals surface area (Å²) in [6.45, 7) is 2.10. The summed E-state index contributed by atoms with van der Waals surface area (Å²) in [5.74, 6) is 0.262. The molecule has 0 saturated carbocycles. The Bertz CT molecular complexity index is 931. The van der Waals surface area contributed by atoms with Crippen molar-refractivity contribution in [2.24, 2.45) is 0 Å². The van der Waals surface area contributed by atoms with Gasteiger partial charge in [0.15, 0.2) is 5.82 Å². The van der Waals surface area contributed by atoms with E-state index in [0.29, 0.717) is 16.7 Å². The molecule has 2 aromatic heterocycles. The molecule has 0 saturated heterocycles. The van der Waals surface area contributed by atoms with Crippen LogP contribution in [0.3, 0.4) is 0 Å². The lowest BCUT2D eigenvalue weighted by Gasteiger charge is -2.06. The summed E-state index contributed by atoms with van der Waals surface area (Å²) < 4.78 is 2.25. The standard InChI is InChI=1S/C15H14BrN5O2/c1-9-6-13(20-19-9)18-14(22)4-5-21-8-17-12-3-2-10(16)7-11(12)15(21)23/h2-3,6-8H,4-5H2,1H3,(H2,18,19,20,22). The van der Waals surface area contributed by atoms with Gasteiger partial charge in [0.05, 0.1) is 17.2 Å². The highest BCUT2D eigenvalue weighted by molar-refractivity contribution is 9.10. The fourth-order valence-electron chi connectivity index (χ4n) is 2.20. The van der Waals surface area contributed by atoms with E-state index in [9.17, 15) is 9.59 Å². The molecular weight excluding hydrogens is 362 g/mol. The van der Waals surface area contributed by atoms with E-state index in [1.165, 1.54) is 10.9 Å². The first kappa shape index (κ1) is 15.4. The van der Waals surface area contributed by atoms with E-state index in [1.54, 1.807) is 18.2 Å².